The molecule has 0 radical (unpaired) electrons. The Balaban J connectivity index is 1.59. The predicted octanol–water partition coefficient (Wildman–Crippen LogP) is 4.62. The van der Waals surface area contributed by atoms with E-state index in [1.165, 1.54) is 4.88 Å². The number of hydrogen-bond acceptors (Lipinski definition) is 5. The van der Waals surface area contributed by atoms with Crippen LogP contribution in [0.4, 0.5) is 5.82 Å². The third-order valence-electron chi connectivity index (χ3n) is 4.27. The minimum atomic E-state index is 0.778. The molecule has 0 fully saturated rings. The molecule has 3 aromatic heterocycles. The molecule has 26 heavy (non-hydrogen) atoms. The summed E-state index contributed by atoms with van der Waals surface area (Å²) >= 11 is 1.75. The Hall–Kier alpha value is -2.73. The Morgan fingerprint density at radius 3 is 2.81 bits per heavy atom. The van der Waals surface area contributed by atoms with Gasteiger partial charge in [0.25, 0.3) is 0 Å². The fraction of sp³-hybridized carbons (Fsp3) is 0.250. The molecule has 0 spiro atoms. The largest absolute Gasteiger partial charge is 0.369 e. The molecule has 4 rings (SSSR count). The van der Waals surface area contributed by atoms with Crippen LogP contribution in [-0.2, 0) is 13.0 Å². The molecule has 0 atom stereocenters. The molecule has 0 bridgehead atoms. The van der Waals surface area contributed by atoms with Gasteiger partial charge in [-0.15, -0.1) is 11.3 Å². The Morgan fingerprint density at radius 1 is 1.15 bits per heavy atom. The van der Waals surface area contributed by atoms with E-state index in [9.17, 15) is 0 Å². The van der Waals surface area contributed by atoms with Gasteiger partial charge < -0.3 is 9.88 Å². The zero-order valence-electron chi connectivity index (χ0n) is 14.7. The van der Waals surface area contributed by atoms with Crippen molar-refractivity contribution >= 4 is 27.4 Å². The zero-order valence-corrected chi connectivity index (χ0v) is 15.5. The highest BCUT2D eigenvalue weighted by Gasteiger charge is 2.12. The van der Waals surface area contributed by atoms with Gasteiger partial charge in [0.2, 0.25) is 0 Å². The van der Waals surface area contributed by atoms with Crippen molar-refractivity contribution in [2.24, 2.45) is 0 Å². The van der Waals surface area contributed by atoms with Crippen LogP contribution in [0.15, 0.2) is 55.1 Å². The molecule has 132 valence electrons. The quantitative estimate of drug-likeness (QED) is 0.487. The Kier molecular flexibility index (Phi) is 4.93. The fourth-order valence-corrected chi connectivity index (χ4v) is 3.85. The van der Waals surface area contributed by atoms with Crippen LogP contribution in [0.1, 0.15) is 18.2 Å². The van der Waals surface area contributed by atoms with Gasteiger partial charge in [-0.3, -0.25) is 0 Å². The number of thiophene rings is 1. The van der Waals surface area contributed by atoms with Gasteiger partial charge in [0.05, 0.1) is 11.7 Å². The van der Waals surface area contributed by atoms with Crippen molar-refractivity contribution in [1.82, 2.24) is 19.5 Å². The molecule has 0 unspecified atom stereocenters. The summed E-state index contributed by atoms with van der Waals surface area (Å²) in [5.74, 6) is 1.70. The molecule has 5 nitrogen and oxygen atoms in total. The lowest BCUT2D eigenvalue weighted by Crippen LogP contribution is -2.08. The van der Waals surface area contributed by atoms with Crippen LogP contribution in [-0.4, -0.2) is 26.1 Å². The Bertz CT molecular complexity index is 976. The van der Waals surface area contributed by atoms with Crippen LogP contribution < -0.4 is 5.32 Å². The second kappa shape index (κ2) is 7.66. The standard InChI is InChI=1S/C20H21N5S/c1-2-16-13-17-19(22-9-6-11-25-12-10-21-14-25)23-18(24-20(17)26-16)15-7-4-3-5-8-15/h3-5,7-8,10,12-14H,2,6,9,11H2,1H3,(H,22,23,24). The van der Waals surface area contributed by atoms with E-state index in [1.807, 2.05) is 36.9 Å². The third-order valence-corrected chi connectivity index (χ3v) is 5.44. The number of fused-ring (bicyclic) bond motifs is 1. The number of aromatic nitrogens is 4. The van der Waals surface area contributed by atoms with Crippen LogP contribution in [0.5, 0.6) is 0 Å². The van der Waals surface area contributed by atoms with Gasteiger partial charge in [0.15, 0.2) is 5.82 Å². The van der Waals surface area contributed by atoms with Crippen molar-refractivity contribution in [3.05, 3.63) is 60.0 Å². The molecule has 4 aromatic rings. The summed E-state index contributed by atoms with van der Waals surface area (Å²) in [6.07, 6.45) is 7.67. The van der Waals surface area contributed by atoms with E-state index in [2.05, 4.69) is 40.0 Å². The van der Waals surface area contributed by atoms with Gasteiger partial charge in [-0.1, -0.05) is 37.3 Å². The normalized spacial score (nSPS) is 11.1. The number of rotatable bonds is 7. The number of anilines is 1. The predicted molar refractivity (Wildman–Crippen MR) is 108 cm³/mol. The van der Waals surface area contributed by atoms with Crippen molar-refractivity contribution in [1.29, 1.82) is 0 Å². The lowest BCUT2D eigenvalue weighted by molar-refractivity contribution is 0.660. The van der Waals surface area contributed by atoms with Crippen LogP contribution in [0.2, 0.25) is 0 Å². The molecule has 1 N–H and O–H groups in total. The van der Waals surface area contributed by atoms with E-state index in [-0.39, 0.29) is 0 Å². The number of hydrogen-bond donors (Lipinski definition) is 1. The number of imidazole rings is 1. The third kappa shape index (κ3) is 3.60. The van der Waals surface area contributed by atoms with E-state index < -0.39 is 0 Å². The van der Waals surface area contributed by atoms with Gasteiger partial charge in [0, 0.05) is 35.9 Å². The summed E-state index contributed by atoms with van der Waals surface area (Å²) in [7, 11) is 0. The molecule has 0 aliphatic heterocycles. The summed E-state index contributed by atoms with van der Waals surface area (Å²) in [4.78, 5) is 16.1. The first-order valence-electron chi connectivity index (χ1n) is 8.89. The van der Waals surface area contributed by atoms with E-state index in [1.54, 1.807) is 11.3 Å². The Morgan fingerprint density at radius 2 is 2.04 bits per heavy atom. The number of aryl methyl sites for hydroxylation is 2. The highest BCUT2D eigenvalue weighted by molar-refractivity contribution is 7.18. The van der Waals surface area contributed by atoms with Gasteiger partial charge in [0.1, 0.15) is 10.6 Å². The van der Waals surface area contributed by atoms with Crippen molar-refractivity contribution < 1.29 is 0 Å². The number of benzene rings is 1. The Labute approximate surface area is 156 Å². The second-order valence-electron chi connectivity index (χ2n) is 6.13. The molecule has 3 heterocycles. The SMILES string of the molecule is CCc1cc2c(NCCCn3ccnc3)nc(-c3ccccc3)nc2s1. The molecule has 0 aliphatic rings. The summed E-state index contributed by atoms with van der Waals surface area (Å²) in [6, 6.07) is 12.4. The molecular formula is C20H21N5S. The maximum Gasteiger partial charge on any atom is 0.163 e. The monoisotopic (exact) mass is 363 g/mol. The van der Waals surface area contributed by atoms with Gasteiger partial charge >= 0.3 is 0 Å². The van der Waals surface area contributed by atoms with E-state index in [0.717, 1.165) is 53.4 Å². The summed E-state index contributed by atoms with van der Waals surface area (Å²) in [5.41, 5.74) is 1.04. The molecule has 0 saturated heterocycles. The van der Waals surface area contributed by atoms with Crippen molar-refractivity contribution in [2.45, 2.75) is 26.3 Å². The molecule has 1 aromatic carbocycles. The van der Waals surface area contributed by atoms with Crippen LogP contribution in [0.3, 0.4) is 0 Å². The average Bonchev–Trinajstić information content (AvgIpc) is 3.35. The smallest absolute Gasteiger partial charge is 0.163 e. The average molecular weight is 363 g/mol. The van der Waals surface area contributed by atoms with Crippen LogP contribution >= 0.6 is 11.3 Å². The highest BCUT2D eigenvalue weighted by Crippen LogP contribution is 2.31. The van der Waals surface area contributed by atoms with Crippen molar-refractivity contribution in [3.8, 4) is 11.4 Å². The fourth-order valence-electron chi connectivity index (χ4n) is 2.88. The van der Waals surface area contributed by atoms with Crippen LogP contribution in [0.25, 0.3) is 21.6 Å². The first-order chi connectivity index (χ1) is 12.8. The summed E-state index contributed by atoms with van der Waals surface area (Å²) < 4.78 is 2.09. The first kappa shape index (κ1) is 16.7. The highest BCUT2D eigenvalue weighted by atomic mass is 32.1. The van der Waals surface area contributed by atoms with Gasteiger partial charge in [-0.25, -0.2) is 15.0 Å². The summed E-state index contributed by atoms with van der Waals surface area (Å²) in [6.45, 7) is 3.97. The maximum absolute atomic E-state index is 4.82. The molecule has 0 amide bonds. The minimum Gasteiger partial charge on any atom is -0.369 e. The molecule has 0 saturated carbocycles. The summed E-state index contributed by atoms with van der Waals surface area (Å²) in [5, 5.41) is 4.64. The number of nitrogens with zero attached hydrogens (tertiary/aromatic N) is 4. The van der Waals surface area contributed by atoms with Gasteiger partial charge in [-0.2, -0.15) is 0 Å². The maximum atomic E-state index is 4.82. The second-order valence-corrected chi connectivity index (χ2v) is 7.24. The molecular weight excluding hydrogens is 342 g/mol. The number of nitrogens with one attached hydrogen (secondary N) is 1. The van der Waals surface area contributed by atoms with Crippen molar-refractivity contribution in [2.75, 3.05) is 11.9 Å². The zero-order chi connectivity index (χ0) is 17.8. The van der Waals surface area contributed by atoms with Crippen molar-refractivity contribution in [3.63, 3.8) is 0 Å². The topological polar surface area (TPSA) is 55.6 Å². The molecule has 0 aliphatic carbocycles. The van der Waals surface area contributed by atoms with E-state index >= 15 is 0 Å². The molecule has 6 heteroatoms. The lowest BCUT2D eigenvalue weighted by Gasteiger charge is -2.09. The lowest BCUT2D eigenvalue weighted by atomic mass is 10.2. The van der Waals surface area contributed by atoms with E-state index in [4.69, 9.17) is 9.97 Å². The first-order valence-corrected chi connectivity index (χ1v) is 9.70. The van der Waals surface area contributed by atoms with Gasteiger partial charge in [-0.05, 0) is 18.9 Å². The van der Waals surface area contributed by atoms with E-state index in [0.29, 0.717) is 0 Å². The minimum absolute atomic E-state index is 0.778. The van der Waals surface area contributed by atoms with Crippen LogP contribution in [0, 0.1) is 0 Å².